The summed E-state index contributed by atoms with van der Waals surface area (Å²) in [5, 5.41) is 0. The highest BCUT2D eigenvalue weighted by atomic mass is 32.2. The molecule has 0 aliphatic carbocycles. The van der Waals surface area contributed by atoms with Crippen LogP contribution in [0.5, 0.6) is 0 Å². The zero-order valence-electron chi connectivity index (χ0n) is 8.66. The van der Waals surface area contributed by atoms with Crippen molar-refractivity contribution in [2.45, 2.75) is 19.3 Å². The molecule has 14 heavy (non-hydrogen) atoms. The summed E-state index contributed by atoms with van der Waals surface area (Å²) in [7, 11) is -2.79. The highest BCUT2D eigenvalue weighted by Crippen LogP contribution is 2.35. The van der Waals surface area contributed by atoms with E-state index in [1.165, 1.54) is 0 Å². The summed E-state index contributed by atoms with van der Waals surface area (Å²) in [6.07, 6.45) is 4.87. The monoisotopic (exact) mass is 237 g/mol. The molecule has 1 heterocycles. The summed E-state index contributed by atoms with van der Waals surface area (Å²) in [4.78, 5) is 0. The largest absolute Gasteiger partial charge is 0.330 e. The van der Waals surface area contributed by atoms with Crippen molar-refractivity contribution in [3.8, 4) is 0 Å². The first-order chi connectivity index (χ1) is 6.54. The Kier molecular flexibility index (Phi) is 4.28. The second kappa shape index (κ2) is 4.86. The van der Waals surface area contributed by atoms with Gasteiger partial charge in [-0.2, -0.15) is 11.8 Å². The van der Waals surface area contributed by atoms with E-state index in [4.69, 9.17) is 5.73 Å². The minimum atomic E-state index is -2.79. The van der Waals surface area contributed by atoms with Gasteiger partial charge in [0.15, 0.2) is 9.84 Å². The molecule has 1 aliphatic rings. The van der Waals surface area contributed by atoms with Crippen LogP contribution in [0.15, 0.2) is 0 Å². The Balaban J connectivity index is 2.52. The first kappa shape index (κ1) is 12.3. The maximum absolute atomic E-state index is 11.4. The molecule has 2 N–H and O–H groups in total. The Morgan fingerprint density at radius 1 is 1.50 bits per heavy atom. The molecule has 0 radical (unpaired) electrons. The molecule has 0 amide bonds. The molecule has 1 unspecified atom stereocenters. The summed E-state index contributed by atoms with van der Waals surface area (Å²) >= 11 is 1.80. The van der Waals surface area contributed by atoms with Crippen LogP contribution in [0.25, 0.3) is 0 Å². The second-order valence-electron chi connectivity index (χ2n) is 4.14. The molecule has 1 atom stereocenters. The Bertz CT molecular complexity index is 277. The van der Waals surface area contributed by atoms with Gasteiger partial charge in [-0.25, -0.2) is 8.42 Å². The molecule has 84 valence electrons. The second-order valence-corrected chi connectivity index (χ2v) is 7.31. The topological polar surface area (TPSA) is 60.2 Å². The van der Waals surface area contributed by atoms with Crippen LogP contribution in [0.2, 0.25) is 0 Å². The Morgan fingerprint density at radius 2 is 2.21 bits per heavy atom. The molecular weight excluding hydrogens is 218 g/mol. The third-order valence-electron chi connectivity index (χ3n) is 2.96. The van der Waals surface area contributed by atoms with E-state index in [2.05, 4.69) is 6.26 Å². The quantitative estimate of drug-likeness (QED) is 0.722. The van der Waals surface area contributed by atoms with Gasteiger partial charge in [0.1, 0.15) is 0 Å². The molecule has 0 aromatic heterocycles. The van der Waals surface area contributed by atoms with Gasteiger partial charge in [-0.05, 0) is 43.2 Å². The van der Waals surface area contributed by atoms with Crippen molar-refractivity contribution in [3.63, 3.8) is 0 Å². The zero-order chi connectivity index (χ0) is 10.7. The van der Waals surface area contributed by atoms with E-state index in [0.717, 1.165) is 25.0 Å². The Morgan fingerprint density at radius 3 is 2.64 bits per heavy atom. The highest BCUT2D eigenvalue weighted by molar-refractivity contribution is 7.98. The minimum absolute atomic E-state index is 0.103. The summed E-state index contributed by atoms with van der Waals surface area (Å²) in [5.41, 5.74) is 5.60. The highest BCUT2D eigenvalue weighted by Gasteiger charge is 2.40. The third kappa shape index (κ3) is 3.14. The molecule has 1 rings (SSSR count). The van der Waals surface area contributed by atoms with Crippen LogP contribution in [0, 0.1) is 5.41 Å². The normalized spacial score (nSPS) is 30.7. The Hall–Kier alpha value is 0.260. The van der Waals surface area contributed by atoms with Crippen molar-refractivity contribution >= 4 is 21.6 Å². The van der Waals surface area contributed by atoms with Gasteiger partial charge in [0.25, 0.3) is 0 Å². The molecule has 0 aromatic rings. The lowest BCUT2D eigenvalue weighted by Gasteiger charge is -2.25. The van der Waals surface area contributed by atoms with E-state index < -0.39 is 9.84 Å². The smallest absolute Gasteiger partial charge is 0.150 e. The zero-order valence-corrected chi connectivity index (χ0v) is 10.3. The molecule has 5 heteroatoms. The first-order valence-corrected chi connectivity index (χ1v) is 8.15. The van der Waals surface area contributed by atoms with Crippen molar-refractivity contribution in [1.82, 2.24) is 0 Å². The summed E-state index contributed by atoms with van der Waals surface area (Å²) < 4.78 is 22.8. The fourth-order valence-corrected chi connectivity index (χ4v) is 4.70. The van der Waals surface area contributed by atoms with Crippen molar-refractivity contribution < 1.29 is 8.42 Å². The minimum Gasteiger partial charge on any atom is -0.330 e. The first-order valence-electron chi connectivity index (χ1n) is 4.93. The molecule has 0 aromatic carbocycles. The molecule has 0 spiro atoms. The fourth-order valence-electron chi connectivity index (χ4n) is 2.03. The van der Waals surface area contributed by atoms with E-state index in [1.807, 2.05) is 0 Å². The standard InChI is InChI=1S/C9H19NO2S2/c1-13-5-2-3-9(7-10)4-6-14(11,12)8-9/h2-8,10H2,1H3. The average molecular weight is 237 g/mol. The molecule has 3 nitrogen and oxygen atoms in total. The van der Waals surface area contributed by atoms with E-state index in [0.29, 0.717) is 18.1 Å². The number of thioether (sulfide) groups is 1. The van der Waals surface area contributed by atoms with Gasteiger partial charge in [-0.1, -0.05) is 0 Å². The van der Waals surface area contributed by atoms with Gasteiger partial charge in [0, 0.05) is 0 Å². The number of hydrogen-bond acceptors (Lipinski definition) is 4. The van der Waals surface area contributed by atoms with Crippen LogP contribution in [0.3, 0.4) is 0 Å². The van der Waals surface area contributed by atoms with Crippen molar-refractivity contribution in [3.05, 3.63) is 0 Å². The summed E-state index contributed by atoms with van der Waals surface area (Å²) in [6, 6.07) is 0. The maximum atomic E-state index is 11.4. The van der Waals surface area contributed by atoms with Crippen molar-refractivity contribution in [2.75, 3.05) is 30.1 Å². The molecule has 0 saturated carbocycles. The van der Waals surface area contributed by atoms with Crippen LogP contribution >= 0.6 is 11.8 Å². The average Bonchev–Trinajstić information content (AvgIpc) is 2.44. The molecule has 1 saturated heterocycles. The molecule has 1 fully saturated rings. The number of sulfone groups is 1. The number of rotatable bonds is 5. The SMILES string of the molecule is CSCCCC1(CN)CCS(=O)(=O)C1. The maximum Gasteiger partial charge on any atom is 0.150 e. The Labute approximate surface area is 90.7 Å². The van der Waals surface area contributed by atoms with E-state index in [9.17, 15) is 8.42 Å². The van der Waals surface area contributed by atoms with E-state index in [-0.39, 0.29) is 5.41 Å². The van der Waals surface area contributed by atoms with E-state index in [1.54, 1.807) is 11.8 Å². The van der Waals surface area contributed by atoms with Crippen LogP contribution in [-0.4, -0.2) is 38.5 Å². The lowest BCUT2D eigenvalue weighted by atomic mass is 9.83. The number of nitrogens with two attached hydrogens (primary N) is 1. The van der Waals surface area contributed by atoms with Gasteiger partial charge in [-0.3, -0.25) is 0 Å². The third-order valence-corrected chi connectivity index (χ3v) is 5.53. The predicted molar refractivity (Wildman–Crippen MR) is 62.4 cm³/mol. The van der Waals surface area contributed by atoms with Gasteiger partial charge in [0.05, 0.1) is 11.5 Å². The summed E-state index contributed by atoms with van der Waals surface area (Å²) in [5.74, 6) is 1.75. The van der Waals surface area contributed by atoms with E-state index >= 15 is 0 Å². The number of hydrogen-bond donors (Lipinski definition) is 1. The lowest BCUT2D eigenvalue weighted by Crippen LogP contribution is -2.31. The molecule has 0 bridgehead atoms. The predicted octanol–water partition coefficient (Wildman–Crippen LogP) is 0.893. The van der Waals surface area contributed by atoms with Crippen molar-refractivity contribution in [2.24, 2.45) is 11.1 Å². The van der Waals surface area contributed by atoms with Gasteiger partial charge < -0.3 is 5.73 Å². The van der Waals surface area contributed by atoms with Crippen LogP contribution in [-0.2, 0) is 9.84 Å². The van der Waals surface area contributed by atoms with Gasteiger partial charge >= 0.3 is 0 Å². The summed E-state index contributed by atoms with van der Waals surface area (Å²) in [6.45, 7) is 0.514. The van der Waals surface area contributed by atoms with Gasteiger partial charge in [0.2, 0.25) is 0 Å². The lowest BCUT2D eigenvalue weighted by molar-refractivity contribution is 0.316. The van der Waals surface area contributed by atoms with Crippen LogP contribution in [0.4, 0.5) is 0 Å². The van der Waals surface area contributed by atoms with Crippen molar-refractivity contribution in [1.29, 1.82) is 0 Å². The van der Waals surface area contributed by atoms with Gasteiger partial charge in [-0.15, -0.1) is 0 Å². The molecule has 1 aliphatic heterocycles. The van der Waals surface area contributed by atoms with Crippen LogP contribution in [0.1, 0.15) is 19.3 Å². The van der Waals surface area contributed by atoms with Crippen LogP contribution < -0.4 is 5.73 Å². The molecular formula is C9H19NO2S2. The fraction of sp³-hybridized carbons (Fsp3) is 1.00.